The van der Waals surface area contributed by atoms with E-state index in [1.54, 1.807) is 0 Å². The van der Waals surface area contributed by atoms with E-state index >= 15 is 0 Å². The molecule has 0 spiro atoms. The first kappa shape index (κ1) is 6.46. The summed E-state index contributed by atoms with van der Waals surface area (Å²) in [6.07, 6.45) is 1.96. The van der Waals surface area contributed by atoms with Gasteiger partial charge in [-0.1, -0.05) is 6.92 Å². The quantitative estimate of drug-likeness (QED) is 0.511. The van der Waals surface area contributed by atoms with Gasteiger partial charge in [-0.2, -0.15) is 0 Å². The second kappa shape index (κ2) is 2.29. The van der Waals surface area contributed by atoms with E-state index in [4.69, 9.17) is 5.41 Å². The lowest BCUT2D eigenvalue weighted by atomic mass is 9.98. The van der Waals surface area contributed by atoms with Gasteiger partial charge in [0, 0.05) is 12.1 Å². The lowest BCUT2D eigenvalue weighted by molar-refractivity contribution is 0.685. The third-order valence-electron chi connectivity index (χ3n) is 1.84. The van der Waals surface area contributed by atoms with Crippen LogP contribution in [0, 0.1) is 11.3 Å². The maximum Gasteiger partial charge on any atom is 0.120 e. The van der Waals surface area contributed by atoms with Gasteiger partial charge in [-0.25, -0.2) is 4.99 Å². The first-order chi connectivity index (χ1) is 4.20. The molecule has 0 radical (unpaired) electrons. The number of amidine groups is 1. The molecular formula is C7H12N2. The zero-order chi connectivity index (χ0) is 6.85. The van der Waals surface area contributed by atoms with Gasteiger partial charge < -0.3 is 0 Å². The molecule has 0 saturated heterocycles. The van der Waals surface area contributed by atoms with Crippen molar-refractivity contribution < 1.29 is 0 Å². The first-order valence-corrected chi connectivity index (χ1v) is 3.33. The van der Waals surface area contributed by atoms with E-state index in [1.165, 1.54) is 0 Å². The number of hydrogen-bond donors (Lipinski definition) is 1. The predicted octanol–water partition coefficient (Wildman–Crippen LogP) is 1.85. The number of nitrogens with zero attached hydrogens (tertiary/aromatic N) is 1. The normalized spacial score (nSPS) is 28.0. The number of aliphatic imine (C=N–C) groups is 1. The summed E-state index contributed by atoms with van der Waals surface area (Å²) in [7, 11) is 0. The third kappa shape index (κ3) is 1.37. The fourth-order valence-electron chi connectivity index (χ4n) is 0.941. The van der Waals surface area contributed by atoms with Crippen molar-refractivity contribution in [3.8, 4) is 0 Å². The topological polar surface area (TPSA) is 36.2 Å². The van der Waals surface area contributed by atoms with E-state index in [9.17, 15) is 0 Å². The zero-order valence-corrected chi connectivity index (χ0v) is 5.94. The second-order valence-electron chi connectivity index (χ2n) is 2.64. The lowest BCUT2D eigenvalue weighted by Gasteiger charge is -2.15. The molecule has 1 aliphatic rings. The van der Waals surface area contributed by atoms with Crippen LogP contribution in [0.15, 0.2) is 4.99 Å². The Morgan fingerprint density at radius 2 is 2.33 bits per heavy atom. The van der Waals surface area contributed by atoms with E-state index in [0.717, 1.165) is 18.6 Å². The van der Waals surface area contributed by atoms with Crippen molar-refractivity contribution in [1.82, 2.24) is 0 Å². The fraction of sp³-hybridized carbons (Fsp3) is 0.714. The molecule has 50 valence electrons. The Morgan fingerprint density at radius 3 is 2.78 bits per heavy atom. The summed E-state index contributed by atoms with van der Waals surface area (Å²) in [5.74, 6) is 1.14. The molecule has 0 amide bonds. The number of hydrogen-bond acceptors (Lipinski definition) is 1. The van der Waals surface area contributed by atoms with Gasteiger partial charge in [-0.15, -0.1) is 0 Å². The van der Waals surface area contributed by atoms with Crippen molar-refractivity contribution in [2.24, 2.45) is 10.9 Å². The molecule has 1 unspecified atom stereocenters. The maximum atomic E-state index is 7.22. The van der Waals surface area contributed by atoms with Gasteiger partial charge in [-0.05, 0) is 19.3 Å². The third-order valence-corrected chi connectivity index (χ3v) is 1.84. The second-order valence-corrected chi connectivity index (χ2v) is 2.64. The van der Waals surface area contributed by atoms with Crippen LogP contribution < -0.4 is 0 Å². The molecule has 1 N–H and O–H groups in total. The molecule has 0 saturated carbocycles. The van der Waals surface area contributed by atoms with Crippen molar-refractivity contribution >= 4 is 11.5 Å². The molecule has 0 bridgehead atoms. The highest BCUT2D eigenvalue weighted by molar-refractivity contribution is 5.98. The van der Waals surface area contributed by atoms with Crippen LogP contribution in [-0.2, 0) is 0 Å². The van der Waals surface area contributed by atoms with Crippen molar-refractivity contribution in [1.29, 1.82) is 5.41 Å². The van der Waals surface area contributed by atoms with Gasteiger partial charge >= 0.3 is 0 Å². The van der Waals surface area contributed by atoms with E-state index in [0.29, 0.717) is 11.8 Å². The Hall–Kier alpha value is -0.660. The Morgan fingerprint density at radius 1 is 1.67 bits per heavy atom. The van der Waals surface area contributed by atoms with Gasteiger partial charge in [0.25, 0.3) is 0 Å². The van der Waals surface area contributed by atoms with E-state index < -0.39 is 0 Å². The van der Waals surface area contributed by atoms with Crippen molar-refractivity contribution in [3.63, 3.8) is 0 Å². The van der Waals surface area contributed by atoms with Gasteiger partial charge in [0.2, 0.25) is 0 Å². The minimum Gasteiger partial charge on any atom is -0.287 e. The Bertz CT molecular complexity index is 158. The number of rotatable bonds is 0. The summed E-state index contributed by atoms with van der Waals surface area (Å²) in [5.41, 5.74) is 1.12. The molecule has 2 nitrogen and oxygen atoms in total. The SMILES string of the molecule is CC1=NC(=N)CCC1C. The van der Waals surface area contributed by atoms with Gasteiger partial charge in [0.05, 0.1) is 0 Å². The molecule has 1 atom stereocenters. The van der Waals surface area contributed by atoms with Gasteiger partial charge in [-0.3, -0.25) is 5.41 Å². The first-order valence-electron chi connectivity index (χ1n) is 3.33. The molecule has 1 rings (SSSR count). The molecular weight excluding hydrogens is 112 g/mol. The molecule has 0 fully saturated rings. The number of nitrogens with one attached hydrogen (secondary N) is 1. The predicted molar refractivity (Wildman–Crippen MR) is 39.2 cm³/mol. The fourth-order valence-corrected chi connectivity index (χ4v) is 0.941. The standard InChI is InChI=1S/C7H12N2/c1-5-3-4-7(8)9-6(5)2/h5,8H,3-4H2,1-2H3. The van der Waals surface area contributed by atoms with E-state index in [1.807, 2.05) is 6.92 Å². The van der Waals surface area contributed by atoms with Crippen LogP contribution in [0.25, 0.3) is 0 Å². The molecule has 9 heavy (non-hydrogen) atoms. The van der Waals surface area contributed by atoms with Crippen LogP contribution in [0.2, 0.25) is 0 Å². The molecule has 1 aliphatic heterocycles. The van der Waals surface area contributed by atoms with Crippen molar-refractivity contribution in [2.75, 3.05) is 0 Å². The molecule has 2 heteroatoms. The average molecular weight is 124 g/mol. The minimum absolute atomic E-state index is 0.547. The summed E-state index contributed by atoms with van der Waals surface area (Å²) in [5, 5.41) is 7.22. The van der Waals surface area contributed by atoms with Crippen molar-refractivity contribution in [2.45, 2.75) is 26.7 Å². The van der Waals surface area contributed by atoms with E-state index in [-0.39, 0.29) is 0 Å². The van der Waals surface area contributed by atoms with Crippen LogP contribution in [0.5, 0.6) is 0 Å². The average Bonchev–Trinajstić information content (AvgIpc) is 1.80. The van der Waals surface area contributed by atoms with Gasteiger partial charge in [0.1, 0.15) is 5.84 Å². The van der Waals surface area contributed by atoms with Crippen LogP contribution in [0.1, 0.15) is 26.7 Å². The van der Waals surface area contributed by atoms with Crippen molar-refractivity contribution in [3.05, 3.63) is 0 Å². The summed E-state index contributed by atoms with van der Waals surface area (Å²) in [6, 6.07) is 0. The van der Waals surface area contributed by atoms with E-state index in [2.05, 4.69) is 11.9 Å². The highest BCUT2D eigenvalue weighted by atomic mass is 14.8. The smallest absolute Gasteiger partial charge is 0.120 e. The Labute approximate surface area is 55.5 Å². The van der Waals surface area contributed by atoms with Crippen LogP contribution in [0.3, 0.4) is 0 Å². The monoisotopic (exact) mass is 124 g/mol. The summed E-state index contributed by atoms with van der Waals surface area (Å²) in [6.45, 7) is 4.16. The molecule has 0 aromatic rings. The summed E-state index contributed by atoms with van der Waals surface area (Å²) < 4.78 is 0. The lowest BCUT2D eigenvalue weighted by Crippen LogP contribution is -2.15. The zero-order valence-electron chi connectivity index (χ0n) is 5.94. The summed E-state index contributed by atoms with van der Waals surface area (Å²) >= 11 is 0. The van der Waals surface area contributed by atoms with Gasteiger partial charge in [0.15, 0.2) is 0 Å². The highest BCUT2D eigenvalue weighted by Crippen LogP contribution is 2.14. The van der Waals surface area contributed by atoms with Crippen LogP contribution in [-0.4, -0.2) is 11.5 Å². The molecule has 1 heterocycles. The summed E-state index contributed by atoms with van der Waals surface area (Å²) in [4.78, 5) is 4.06. The largest absolute Gasteiger partial charge is 0.287 e. The van der Waals surface area contributed by atoms with Crippen LogP contribution in [0.4, 0.5) is 0 Å². The highest BCUT2D eigenvalue weighted by Gasteiger charge is 2.12. The Kier molecular flexibility index (Phi) is 1.65. The molecule has 0 aromatic heterocycles. The van der Waals surface area contributed by atoms with Crippen LogP contribution >= 0.6 is 0 Å². The Balaban J connectivity index is 2.72. The maximum absolute atomic E-state index is 7.22. The minimum atomic E-state index is 0.547. The molecule has 0 aliphatic carbocycles. The molecule has 0 aromatic carbocycles.